The molecule has 2 aromatic rings. The molecule has 0 N–H and O–H groups in total. The monoisotopic (exact) mass is 281 g/mol. The van der Waals surface area contributed by atoms with E-state index in [0.29, 0.717) is 0 Å². The molecular formula is C17H15NOS. The summed E-state index contributed by atoms with van der Waals surface area (Å²) in [5.74, 6) is 0.0618. The van der Waals surface area contributed by atoms with Gasteiger partial charge in [-0.1, -0.05) is 60.7 Å². The molecule has 0 fully saturated rings. The molecule has 100 valence electrons. The summed E-state index contributed by atoms with van der Waals surface area (Å²) in [6, 6.07) is 19.5. The third kappa shape index (κ3) is 2.90. The van der Waals surface area contributed by atoms with Gasteiger partial charge >= 0.3 is 0 Å². The summed E-state index contributed by atoms with van der Waals surface area (Å²) in [4.78, 5) is 16.1. The van der Waals surface area contributed by atoms with Crippen molar-refractivity contribution >= 4 is 23.2 Å². The lowest BCUT2D eigenvalue weighted by molar-refractivity contribution is -0.117. The first kappa shape index (κ1) is 14.3. The molecule has 0 saturated carbocycles. The third-order valence-electron chi connectivity index (χ3n) is 3.24. The van der Waals surface area contributed by atoms with Gasteiger partial charge in [0.15, 0.2) is 0 Å². The van der Waals surface area contributed by atoms with Crippen LogP contribution in [0.25, 0.3) is 0 Å². The Morgan fingerprint density at radius 2 is 1.50 bits per heavy atom. The van der Waals surface area contributed by atoms with E-state index < -0.39 is 5.54 Å². The fourth-order valence-electron chi connectivity index (χ4n) is 2.41. The Morgan fingerprint density at radius 1 is 1.05 bits per heavy atom. The lowest BCUT2D eigenvalue weighted by atomic mass is 9.79. The van der Waals surface area contributed by atoms with E-state index in [2.05, 4.69) is 10.2 Å². The molecule has 0 radical (unpaired) electrons. The second kappa shape index (κ2) is 6.38. The molecule has 0 unspecified atom stereocenters. The van der Waals surface area contributed by atoms with E-state index in [-0.39, 0.29) is 12.2 Å². The Balaban J connectivity index is 2.69. The molecule has 2 nitrogen and oxygen atoms in total. The maximum Gasteiger partial charge on any atom is 0.132 e. The van der Waals surface area contributed by atoms with E-state index in [1.165, 1.54) is 0 Å². The number of carbonyl (C=O) groups is 1. The van der Waals surface area contributed by atoms with E-state index in [4.69, 9.17) is 12.2 Å². The molecule has 0 saturated heterocycles. The quantitative estimate of drug-likeness (QED) is 0.612. The Hall–Kier alpha value is -2.09. The second-order valence-electron chi connectivity index (χ2n) is 4.67. The molecule has 0 amide bonds. The highest BCUT2D eigenvalue weighted by Gasteiger charge is 2.35. The van der Waals surface area contributed by atoms with E-state index in [1.54, 1.807) is 6.92 Å². The molecule has 0 aliphatic heterocycles. The van der Waals surface area contributed by atoms with Crippen LogP contribution in [0.2, 0.25) is 0 Å². The Morgan fingerprint density at radius 3 is 1.85 bits per heavy atom. The molecule has 0 aromatic heterocycles. The third-order valence-corrected chi connectivity index (χ3v) is 3.34. The van der Waals surface area contributed by atoms with Crippen molar-refractivity contribution in [2.24, 2.45) is 4.99 Å². The molecule has 0 aliphatic rings. The molecule has 0 aliphatic carbocycles. The minimum Gasteiger partial charge on any atom is -0.300 e. The van der Waals surface area contributed by atoms with Crippen LogP contribution in [0.15, 0.2) is 65.7 Å². The number of rotatable bonds is 5. The number of thiocarbonyl (C=S) groups is 1. The van der Waals surface area contributed by atoms with Crippen molar-refractivity contribution in [2.75, 3.05) is 0 Å². The van der Waals surface area contributed by atoms with Crippen LogP contribution in [0.5, 0.6) is 0 Å². The van der Waals surface area contributed by atoms with Gasteiger partial charge in [-0.2, -0.15) is 0 Å². The number of Topliss-reactive ketones (excluding diaryl/α,β-unsaturated/α-hetero) is 1. The van der Waals surface area contributed by atoms with Crippen LogP contribution >= 0.6 is 12.2 Å². The van der Waals surface area contributed by atoms with Crippen molar-refractivity contribution in [3.8, 4) is 0 Å². The van der Waals surface area contributed by atoms with Gasteiger partial charge in [-0.05, 0) is 30.3 Å². The van der Waals surface area contributed by atoms with E-state index in [0.717, 1.165) is 11.1 Å². The normalized spacial score (nSPS) is 10.7. The van der Waals surface area contributed by atoms with Crippen LogP contribution in [-0.2, 0) is 10.3 Å². The molecular weight excluding hydrogens is 266 g/mol. The zero-order valence-corrected chi connectivity index (χ0v) is 12.1. The van der Waals surface area contributed by atoms with E-state index >= 15 is 0 Å². The number of nitrogens with zero attached hydrogens (tertiary/aromatic N) is 1. The molecule has 2 rings (SSSR count). The Kier molecular flexibility index (Phi) is 4.57. The minimum absolute atomic E-state index is 0.0618. The molecule has 2 aromatic carbocycles. The maximum absolute atomic E-state index is 11.8. The number of isothiocyanates is 1. The minimum atomic E-state index is -0.782. The molecule has 0 heterocycles. The summed E-state index contributed by atoms with van der Waals surface area (Å²) in [6.07, 6.45) is 0.269. The zero-order chi connectivity index (χ0) is 14.4. The number of carbonyl (C=O) groups excluding carboxylic acids is 1. The van der Waals surface area contributed by atoms with Gasteiger partial charge in [0.25, 0.3) is 0 Å². The summed E-state index contributed by atoms with van der Waals surface area (Å²) in [6.45, 7) is 1.57. The van der Waals surface area contributed by atoms with Crippen LogP contribution in [0, 0.1) is 0 Å². The molecule has 0 bridgehead atoms. The van der Waals surface area contributed by atoms with Crippen LogP contribution in [0.4, 0.5) is 0 Å². The highest BCUT2D eigenvalue weighted by molar-refractivity contribution is 7.78. The summed E-state index contributed by atoms with van der Waals surface area (Å²) in [7, 11) is 0. The van der Waals surface area contributed by atoms with Gasteiger partial charge in [0.05, 0.1) is 5.16 Å². The molecule has 20 heavy (non-hydrogen) atoms. The van der Waals surface area contributed by atoms with Crippen LogP contribution in [-0.4, -0.2) is 10.9 Å². The number of hydrogen-bond donors (Lipinski definition) is 0. The van der Waals surface area contributed by atoms with E-state index in [9.17, 15) is 4.79 Å². The van der Waals surface area contributed by atoms with Gasteiger partial charge in [-0.25, -0.2) is 4.99 Å². The van der Waals surface area contributed by atoms with Gasteiger partial charge in [0.1, 0.15) is 11.3 Å². The molecule has 0 spiro atoms. The Labute approximate surface area is 124 Å². The average molecular weight is 281 g/mol. The smallest absolute Gasteiger partial charge is 0.132 e. The van der Waals surface area contributed by atoms with Crippen LogP contribution in [0.3, 0.4) is 0 Å². The molecule has 3 heteroatoms. The fourth-order valence-corrected chi connectivity index (χ4v) is 2.56. The van der Waals surface area contributed by atoms with Gasteiger partial charge in [0.2, 0.25) is 0 Å². The standard InChI is InChI=1S/C17H15NOS/c1-14(19)12-17(18-13-20,15-8-4-2-5-9-15)16-10-6-3-7-11-16/h2-11H,12H2,1H3. The van der Waals surface area contributed by atoms with Crippen molar-refractivity contribution in [3.05, 3.63) is 71.8 Å². The summed E-state index contributed by atoms with van der Waals surface area (Å²) < 4.78 is 0. The summed E-state index contributed by atoms with van der Waals surface area (Å²) >= 11 is 4.82. The van der Waals surface area contributed by atoms with Crippen molar-refractivity contribution in [1.82, 2.24) is 0 Å². The van der Waals surface area contributed by atoms with Gasteiger partial charge in [0, 0.05) is 6.42 Å². The fraction of sp³-hybridized carbons (Fsp3) is 0.176. The maximum atomic E-state index is 11.8. The van der Waals surface area contributed by atoms with Gasteiger partial charge in [-0.3, -0.25) is 4.79 Å². The highest BCUT2D eigenvalue weighted by atomic mass is 32.1. The van der Waals surface area contributed by atoms with Crippen LogP contribution in [0.1, 0.15) is 24.5 Å². The number of hydrogen-bond acceptors (Lipinski definition) is 3. The predicted molar refractivity (Wildman–Crippen MR) is 84.0 cm³/mol. The first-order valence-corrected chi connectivity index (χ1v) is 6.79. The number of ketones is 1. The van der Waals surface area contributed by atoms with Crippen molar-refractivity contribution < 1.29 is 4.79 Å². The largest absolute Gasteiger partial charge is 0.300 e. The van der Waals surface area contributed by atoms with Crippen molar-refractivity contribution in [3.63, 3.8) is 0 Å². The number of benzene rings is 2. The second-order valence-corrected chi connectivity index (χ2v) is 4.86. The predicted octanol–water partition coefficient (Wildman–Crippen LogP) is 4.01. The first-order chi connectivity index (χ1) is 9.69. The summed E-state index contributed by atoms with van der Waals surface area (Å²) in [5.41, 5.74) is 1.10. The SMILES string of the molecule is CC(=O)CC(N=C=S)(c1ccccc1)c1ccccc1. The average Bonchev–Trinajstić information content (AvgIpc) is 2.48. The number of aliphatic imine (C=N–C) groups is 1. The van der Waals surface area contributed by atoms with Crippen LogP contribution < -0.4 is 0 Å². The highest BCUT2D eigenvalue weighted by Crippen LogP contribution is 2.37. The molecule has 0 atom stereocenters. The Bertz CT molecular complexity index is 591. The van der Waals surface area contributed by atoms with Crippen molar-refractivity contribution in [1.29, 1.82) is 0 Å². The van der Waals surface area contributed by atoms with E-state index in [1.807, 2.05) is 60.7 Å². The van der Waals surface area contributed by atoms with Gasteiger partial charge in [-0.15, -0.1) is 0 Å². The van der Waals surface area contributed by atoms with Crippen molar-refractivity contribution in [2.45, 2.75) is 18.9 Å². The zero-order valence-electron chi connectivity index (χ0n) is 11.2. The first-order valence-electron chi connectivity index (χ1n) is 6.38. The lowest BCUT2D eigenvalue weighted by Crippen LogP contribution is -2.28. The lowest BCUT2D eigenvalue weighted by Gasteiger charge is -2.29. The summed E-state index contributed by atoms with van der Waals surface area (Å²) in [5, 5.41) is 2.47. The topological polar surface area (TPSA) is 29.4 Å². The van der Waals surface area contributed by atoms with Gasteiger partial charge < -0.3 is 0 Å².